The molecule has 1 rings (SSSR count). The van der Waals surface area contributed by atoms with E-state index in [9.17, 15) is 29.1 Å². The van der Waals surface area contributed by atoms with Gasteiger partial charge in [0.05, 0.1) is 12.1 Å². The molecule has 0 spiro atoms. The number of rotatable bonds is 18. The van der Waals surface area contributed by atoms with Gasteiger partial charge in [-0.15, -0.1) is 0 Å². The number of amides is 4. The number of hydrogen-bond donors (Lipinski definition) is 5. The maximum Gasteiger partial charge on any atom is 0.407 e. The van der Waals surface area contributed by atoms with Gasteiger partial charge >= 0.3 is 12.1 Å². The minimum absolute atomic E-state index is 0.0508. The lowest BCUT2D eigenvalue weighted by atomic mass is 9.75. The number of hydrogen-bond acceptors (Lipinski definition) is 7. The molecule has 0 aliphatic carbocycles. The number of carboxylic acid groups (broad SMARTS) is 1. The number of ether oxygens (including phenoxy) is 1. The quantitative estimate of drug-likeness (QED) is 0.0837. The van der Waals surface area contributed by atoms with E-state index in [1.54, 1.807) is 68.7 Å². The summed E-state index contributed by atoms with van der Waals surface area (Å²) < 4.78 is 5.27. The SMILES string of the molecule is C=C/C=C(\C=C/CNC(=O)OCc1ccc(NC=O)cc1)C(C)(C)C(NC)C(=O)NC(C(=O)N(C)C(/C=C(\C)C(=O)O)C(C)C)C(C)(C)C. The van der Waals surface area contributed by atoms with Crippen LogP contribution in [-0.4, -0.2) is 79.1 Å². The van der Waals surface area contributed by atoms with Crippen molar-refractivity contribution >= 4 is 36.0 Å². The Hall–Kier alpha value is -4.71. The Morgan fingerprint density at radius 2 is 1.65 bits per heavy atom. The molecule has 0 aliphatic heterocycles. The number of carbonyl (C=O) groups is 5. The zero-order chi connectivity index (χ0) is 37.5. The number of allylic oxidation sites excluding steroid dienone is 3. The van der Waals surface area contributed by atoms with E-state index in [1.807, 2.05) is 48.5 Å². The van der Waals surface area contributed by atoms with Crippen LogP contribution in [0.25, 0.3) is 0 Å². The minimum atomic E-state index is -1.06. The van der Waals surface area contributed by atoms with Gasteiger partial charge in [-0.2, -0.15) is 0 Å². The molecule has 5 N–H and O–H groups in total. The molecule has 0 heterocycles. The minimum Gasteiger partial charge on any atom is -0.478 e. The van der Waals surface area contributed by atoms with Crippen molar-refractivity contribution in [3.05, 3.63) is 77.9 Å². The highest BCUT2D eigenvalue weighted by atomic mass is 16.5. The summed E-state index contributed by atoms with van der Waals surface area (Å²) in [6.45, 7) is 18.7. The summed E-state index contributed by atoms with van der Waals surface area (Å²) in [6.07, 6.45) is 8.45. The lowest BCUT2D eigenvalue weighted by Crippen LogP contribution is -2.61. The van der Waals surface area contributed by atoms with Gasteiger partial charge in [0.15, 0.2) is 0 Å². The molecule has 1 aromatic rings. The fourth-order valence-corrected chi connectivity index (χ4v) is 5.20. The molecule has 4 amide bonds. The van der Waals surface area contributed by atoms with E-state index in [0.29, 0.717) is 12.1 Å². The molecule has 1 aromatic carbocycles. The number of anilines is 1. The summed E-state index contributed by atoms with van der Waals surface area (Å²) in [5, 5.41) is 20.7. The topological polar surface area (TPSA) is 166 Å². The van der Waals surface area contributed by atoms with Gasteiger partial charge in [-0.3, -0.25) is 14.4 Å². The summed E-state index contributed by atoms with van der Waals surface area (Å²) >= 11 is 0. The van der Waals surface area contributed by atoms with Crippen LogP contribution in [0.2, 0.25) is 0 Å². The van der Waals surface area contributed by atoms with Crippen LogP contribution in [0.3, 0.4) is 0 Å². The Bertz CT molecular complexity index is 1400. The van der Waals surface area contributed by atoms with Crippen LogP contribution in [0.4, 0.5) is 10.5 Å². The number of aliphatic carboxylic acids is 1. The molecule has 0 bridgehead atoms. The average Bonchev–Trinajstić information content (AvgIpc) is 3.02. The highest BCUT2D eigenvalue weighted by Gasteiger charge is 2.42. The molecular formula is C37H55N5O7. The van der Waals surface area contributed by atoms with Crippen LogP contribution in [0.1, 0.15) is 61.0 Å². The molecule has 0 saturated heterocycles. The molecule has 3 unspecified atom stereocenters. The van der Waals surface area contributed by atoms with Crippen LogP contribution in [0.15, 0.2) is 72.4 Å². The van der Waals surface area contributed by atoms with E-state index >= 15 is 0 Å². The summed E-state index contributed by atoms with van der Waals surface area (Å²) in [4.78, 5) is 63.7. The monoisotopic (exact) mass is 681 g/mol. The number of carbonyl (C=O) groups excluding carboxylic acids is 4. The van der Waals surface area contributed by atoms with Crippen LogP contribution < -0.4 is 21.3 Å². The predicted molar refractivity (Wildman–Crippen MR) is 193 cm³/mol. The second kappa shape index (κ2) is 19.3. The van der Waals surface area contributed by atoms with E-state index < -0.39 is 46.9 Å². The zero-order valence-electron chi connectivity index (χ0n) is 30.5. The third-order valence-electron chi connectivity index (χ3n) is 8.16. The molecule has 0 aromatic heterocycles. The third-order valence-corrected chi connectivity index (χ3v) is 8.16. The van der Waals surface area contributed by atoms with Gasteiger partial charge in [-0.25, -0.2) is 9.59 Å². The lowest BCUT2D eigenvalue weighted by Gasteiger charge is -2.40. The number of carboxylic acids is 1. The molecular weight excluding hydrogens is 626 g/mol. The molecule has 0 saturated carbocycles. The highest BCUT2D eigenvalue weighted by molar-refractivity contribution is 5.91. The molecule has 12 nitrogen and oxygen atoms in total. The van der Waals surface area contributed by atoms with Crippen molar-refractivity contribution in [1.29, 1.82) is 0 Å². The average molecular weight is 682 g/mol. The van der Waals surface area contributed by atoms with E-state index in [-0.39, 0.29) is 30.5 Å². The summed E-state index contributed by atoms with van der Waals surface area (Å²) in [5.41, 5.74) is 0.765. The Labute approximate surface area is 291 Å². The summed E-state index contributed by atoms with van der Waals surface area (Å²) in [5.74, 6) is -1.88. The first-order chi connectivity index (χ1) is 22.8. The van der Waals surface area contributed by atoms with Crippen LogP contribution in [-0.2, 0) is 30.5 Å². The molecule has 0 fully saturated rings. The van der Waals surface area contributed by atoms with E-state index in [2.05, 4.69) is 27.8 Å². The molecule has 0 radical (unpaired) electrons. The summed E-state index contributed by atoms with van der Waals surface area (Å²) in [7, 11) is 3.29. The summed E-state index contributed by atoms with van der Waals surface area (Å²) in [6, 6.07) is 4.68. The molecule has 270 valence electrons. The second-order valence-corrected chi connectivity index (χ2v) is 13.8. The van der Waals surface area contributed by atoms with Gasteiger partial charge in [-0.05, 0) is 48.6 Å². The molecule has 49 heavy (non-hydrogen) atoms. The normalized spacial score (nSPS) is 14.4. The Morgan fingerprint density at radius 3 is 2.14 bits per heavy atom. The van der Waals surface area contributed by atoms with Crippen molar-refractivity contribution in [3.8, 4) is 0 Å². The number of benzene rings is 1. The van der Waals surface area contributed by atoms with Crippen LogP contribution in [0, 0.1) is 16.7 Å². The fraction of sp³-hybridized carbons (Fsp3) is 0.486. The first kappa shape index (κ1) is 42.3. The van der Waals surface area contributed by atoms with Crippen molar-refractivity contribution in [2.75, 3.05) is 26.0 Å². The van der Waals surface area contributed by atoms with Crippen molar-refractivity contribution in [1.82, 2.24) is 20.9 Å². The Morgan fingerprint density at radius 1 is 1.04 bits per heavy atom. The standard InChI is InChI=1S/C37H55N5O7/c1-12-14-27(15-13-20-39-35(48)49-22-26-16-18-28(19-17-26)40-23-43)37(8,9)30(38-10)32(44)41-31(36(5,6)7)33(45)42(11)29(24(2)3)21-25(4)34(46)47/h12-19,21,23-24,29-31,38H,1,20,22H2,2-11H3,(H,39,48)(H,40,43)(H,41,44)(H,46,47)/b15-13-,25-21+,27-14+. The molecule has 12 heteroatoms. The predicted octanol–water partition coefficient (Wildman–Crippen LogP) is 4.81. The van der Waals surface area contributed by atoms with Gasteiger partial charge < -0.3 is 36.0 Å². The van der Waals surface area contributed by atoms with E-state index in [0.717, 1.165) is 11.1 Å². The first-order valence-electron chi connectivity index (χ1n) is 16.2. The Balaban J connectivity index is 3.09. The Kier molecular flexibility index (Phi) is 16.7. The highest BCUT2D eigenvalue weighted by Crippen LogP contribution is 2.33. The van der Waals surface area contributed by atoms with Crippen LogP contribution in [0.5, 0.6) is 0 Å². The van der Waals surface area contributed by atoms with Gasteiger partial charge in [0.2, 0.25) is 18.2 Å². The van der Waals surface area contributed by atoms with E-state index in [4.69, 9.17) is 4.74 Å². The largest absolute Gasteiger partial charge is 0.478 e. The van der Waals surface area contributed by atoms with Crippen LogP contribution >= 0.6 is 0 Å². The number of likely N-dealkylation sites (N-methyl/N-ethyl adjacent to an activating group) is 2. The van der Waals surface area contributed by atoms with Crippen molar-refractivity contribution in [2.24, 2.45) is 16.7 Å². The van der Waals surface area contributed by atoms with Gasteiger partial charge in [0.1, 0.15) is 12.6 Å². The second-order valence-electron chi connectivity index (χ2n) is 13.8. The number of nitrogens with one attached hydrogen (secondary N) is 4. The molecule has 3 atom stereocenters. The number of nitrogens with zero attached hydrogens (tertiary/aromatic N) is 1. The maximum absolute atomic E-state index is 13.9. The third kappa shape index (κ3) is 13.0. The van der Waals surface area contributed by atoms with Gasteiger partial charge in [0, 0.05) is 30.3 Å². The zero-order valence-corrected chi connectivity index (χ0v) is 30.5. The first-order valence-corrected chi connectivity index (χ1v) is 16.2. The smallest absolute Gasteiger partial charge is 0.407 e. The molecule has 0 aliphatic rings. The van der Waals surface area contributed by atoms with Crippen molar-refractivity contribution < 1.29 is 33.8 Å². The fourth-order valence-electron chi connectivity index (χ4n) is 5.20. The van der Waals surface area contributed by atoms with E-state index in [1.165, 1.54) is 11.8 Å². The van der Waals surface area contributed by atoms with Gasteiger partial charge in [-0.1, -0.05) is 97.6 Å². The van der Waals surface area contributed by atoms with Crippen molar-refractivity contribution in [3.63, 3.8) is 0 Å². The lowest BCUT2D eigenvalue weighted by molar-refractivity contribution is -0.141. The van der Waals surface area contributed by atoms with Gasteiger partial charge in [0.25, 0.3) is 0 Å². The number of alkyl carbamates (subject to hydrolysis) is 1. The maximum atomic E-state index is 13.9. The van der Waals surface area contributed by atoms with Crippen molar-refractivity contribution in [2.45, 2.75) is 80.1 Å².